The van der Waals surface area contributed by atoms with Gasteiger partial charge in [0.15, 0.2) is 0 Å². The van der Waals surface area contributed by atoms with Crippen molar-refractivity contribution in [2.24, 2.45) is 5.73 Å². The molecule has 116 valence electrons. The summed E-state index contributed by atoms with van der Waals surface area (Å²) in [6.45, 7) is 1.71. The molecule has 0 amide bonds. The quantitative estimate of drug-likeness (QED) is 0.869. The van der Waals surface area contributed by atoms with Gasteiger partial charge in [0.2, 0.25) is 0 Å². The van der Waals surface area contributed by atoms with E-state index in [2.05, 4.69) is 0 Å². The molecular weight excluding hydrogens is 281 g/mol. The van der Waals surface area contributed by atoms with Crippen LogP contribution in [-0.4, -0.2) is 31.3 Å². The summed E-state index contributed by atoms with van der Waals surface area (Å²) in [4.78, 5) is 1.98. The zero-order valence-corrected chi connectivity index (χ0v) is 11.9. The lowest BCUT2D eigenvalue weighted by atomic mass is 10.1. The second kappa shape index (κ2) is 6.49. The third-order valence-corrected chi connectivity index (χ3v) is 3.63. The molecule has 1 aliphatic heterocycles. The van der Waals surface area contributed by atoms with Crippen LogP contribution in [0, 0.1) is 0 Å². The Morgan fingerprint density at radius 2 is 2.10 bits per heavy atom. The van der Waals surface area contributed by atoms with Crippen LogP contribution in [0.1, 0.15) is 17.5 Å². The van der Waals surface area contributed by atoms with Gasteiger partial charge in [0.1, 0.15) is 5.75 Å². The first kappa shape index (κ1) is 15.9. The van der Waals surface area contributed by atoms with Gasteiger partial charge in [-0.2, -0.15) is 13.2 Å². The standard InChI is InChI=1S/C15H19F3N2O/c1-21-14-3-2-11(8-12(14)9-19)10-20-6-4-13(5-7-20)15(16,17)18/h2-4,8H,5-7,9-10,19H2,1H3. The summed E-state index contributed by atoms with van der Waals surface area (Å²) >= 11 is 0. The van der Waals surface area contributed by atoms with Crippen LogP contribution in [0.2, 0.25) is 0 Å². The van der Waals surface area contributed by atoms with E-state index >= 15 is 0 Å². The van der Waals surface area contributed by atoms with Crippen molar-refractivity contribution in [1.29, 1.82) is 0 Å². The summed E-state index contributed by atoms with van der Waals surface area (Å²) < 4.78 is 42.9. The molecule has 1 aliphatic rings. The molecule has 0 spiro atoms. The average Bonchev–Trinajstić information content (AvgIpc) is 2.46. The fourth-order valence-corrected chi connectivity index (χ4v) is 2.46. The lowest BCUT2D eigenvalue weighted by Gasteiger charge is -2.27. The van der Waals surface area contributed by atoms with Crippen LogP contribution in [-0.2, 0) is 13.1 Å². The van der Waals surface area contributed by atoms with E-state index in [4.69, 9.17) is 10.5 Å². The first-order valence-electron chi connectivity index (χ1n) is 6.78. The van der Waals surface area contributed by atoms with Crippen LogP contribution in [0.3, 0.4) is 0 Å². The van der Waals surface area contributed by atoms with Crippen LogP contribution in [0.15, 0.2) is 29.8 Å². The molecule has 0 aromatic heterocycles. The molecule has 0 bridgehead atoms. The monoisotopic (exact) mass is 300 g/mol. The molecule has 6 heteroatoms. The van der Waals surface area contributed by atoms with Gasteiger partial charge in [0.25, 0.3) is 0 Å². The van der Waals surface area contributed by atoms with E-state index < -0.39 is 11.7 Å². The number of benzene rings is 1. The Labute approximate surface area is 122 Å². The van der Waals surface area contributed by atoms with Gasteiger partial charge in [0, 0.05) is 37.3 Å². The Hall–Kier alpha value is -1.53. The number of halogens is 3. The van der Waals surface area contributed by atoms with E-state index in [1.807, 2.05) is 23.1 Å². The maximum absolute atomic E-state index is 12.6. The van der Waals surface area contributed by atoms with Gasteiger partial charge >= 0.3 is 6.18 Å². The highest BCUT2D eigenvalue weighted by Gasteiger charge is 2.34. The van der Waals surface area contributed by atoms with Crippen LogP contribution in [0.25, 0.3) is 0 Å². The van der Waals surface area contributed by atoms with Gasteiger partial charge in [-0.3, -0.25) is 4.90 Å². The number of methoxy groups -OCH3 is 1. The predicted octanol–water partition coefficient (Wildman–Crippen LogP) is 2.85. The van der Waals surface area contributed by atoms with Crippen molar-refractivity contribution in [3.05, 3.63) is 41.0 Å². The van der Waals surface area contributed by atoms with Gasteiger partial charge in [-0.15, -0.1) is 0 Å². The van der Waals surface area contributed by atoms with Gasteiger partial charge in [0.05, 0.1) is 7.11 Å². The number of nitrogens with zero attached hydrogens (tertiary/aromatic N) is 1. The normalized spacial score (nSPS) is 16.7. The first-order valence-corrected chi connectivity index (χ1v) is 6.78. The van der Waals surface area contributed by atoms with Gasteiger partial charge in [-0.05, 0) is 24.1 Å². The molecule has 2 rings (SSSR count). The van der Waals surface area contributed by atoms with Crippen molar-refractivity contribution in [3.8, 4) is 5.75 Å². The van der Waals surface area contributed by atoms with E-state index in [9.17, 15) is 13.2 Å². The Kier molecular flexibility index (Phi) is 4.90. The maximum atomic E-state index is 12.6. The smallest absolute Gasteiger partial charge is 0.412 e. The fourth-order valence-electron chi connectivity index (χ4n) is 2.46. The molecule has 0 radical (unpaired) electrons. The van der Waals surface area contributed by atoms with Crippen molar-refractivity contribution >= 4 is 0 Å². The van der Waals surface area contributed by atoms with Crippen molar-refractivity contribution in [1.82, 2.24) is 4.90 Å². The first-order chi connectivity index (χ1) is 9.94. The molecule has 0 atom stereocenters. The summed E-state index contributed by atoms with van der Waals surface area (Å²) in [5.41, 5.74) is 7.18. The third-order valence-electron chi connectivity index (χ3n) is 3.63. The van der Waals surface area contributed by atoms with E-state index in [-0.39, 0.29) is 6.42 Å². The van der Waals surface area contributed by atoms with Crippen LogP contribution in [0.5, 0.6) is 5.75 Å². The van der Waals surface area contributed by atoms with Gasteiger partial charge < -0.3 is 10.5 Å². The highest BCUT2D eigenvalue weighted by atomic mass is 19.4. The van der Waals surface area contributed by atoms with Gasteiger partial charge in [-0.25, -0.2) is 0 Å². The topological polar surface area (TPSA) is 38.5 Å². The van der Waals surface area contributed by atoms with Crippen molar-refractivity contribution in [3.63, 3.8) is 0 Å². The van der Waals surface area contributed by atoms with Crippen LogP contribution >= 0.6 is 0 Å². The highest BCUT2D eigenvalue weighted by molar-refractivity contribution is 5.37. The predicted molar refractivity (Wildman–Crippen MR) is 74.9 cm³/mol. The zero-order valence-electron chi connectivity index (χ0n) is 11.9. The van der Waals surface area contributed by atoms with E-state index in [0.29, 0.717) is 26.2 Å². The molecule has 0 unspecified atom stereocenters. The Balaban J connectivity index is 2.02. The number of rotatable bonds is 4. The Morgan fingerprint density at radius 3 is 2.62 bits per heavy atom. The molecule has 1 aromatic rings. The number of hydrogen-bond donors (Lipinski definition) is 1. The summed E-state index contributed by atoms with van der Waals surface area (Å²) in [7, 11) is 1.59. The summed E-state index contributed by atoms with van der Waals surface area (Å²) in [6.07, 6.45) is -2.88. The molecule has 3 nitrogen and oxygen atoms in total. The number of nitrogens with two attached hydrogens (primary N) is 1. The fraction of sp³-hybridized carbons (Fsp3) is 0.467. The van der Waals surface area contributed by atoms with Crippen molar-refractivity contribution < 1.29 is 17.9 Å². The van der Waals surface area contributed by atoms with Crippen molar-refractivity contribution in [2.75, 3.05) is 20.2 Å². The molecule has 0 fully saturated rings. The second-order valence-electron chi connectivity index (χ2n) is 5.06. The summed E-state index contributed by atoms with van der Waals surface area (Å²) in [5, 5.41) is 0. The number of ether oxygens (including phenoxy) is 1. The zero-order chi connectivity index (χ0) is 15.5. The molecule has 1 aromatic carbocycles. The van der Waals surface area contributed by atoms with E-state index in [0.717, 1.165) is 16.9 Å². The average molecular weight is 300 g/mol. The van der Waals surface area contributed by atoms with Gasteiger partial charge in [-0.1, -0.05) is 12.1 Å². The third kappa shape index (κ3) is 3.98. The van der Waals surface area contributed by atoms with E-state index in [1.54, 1.807) is 7.11 Å². The summed E-state index contributed by atoms with van der Waals surface area (Å²) in [6, 6.07) is 5.71. The number of alkyl halides is 3. The lowest BCUT2D eigenvalue weighted by Crippen LogP contribution is -2.31. The highest BCUT2D eigenvalue weighted by Crippen LogP contribution is 2.30. The van der Waals surface area contributed by atoms with Crippen LogP contribution in [0.4, 0.5) is 13.2 Å². The Bertz CT molecular complexity index is 526. The maximum Gasteiger partial charge on any atom is 0.412 e. The largest absolute Gasteiger partial charge is 0.496 e. The summed E-state index contributed by atoms with van der Waals surface area (Å²) in [5.74, 6) is 0.735. The minimum atomic E-state index is -4.20. The second-order valence-corrected chi connectivity index (χ2v) is 5.06. The molecule has 0 aliphatic carbocycles. The van der Waals surface area contributed by atoms with Crippen LogP contribution < -0.4 is 10.5 Å². The molecule has 0 saturated heterocycles. The molecule has 0 saturated carbocycles. The molecular formula is C15H19F3N2O. The minimum Gasteiger partial charge on any atom is -0.496 e. The molecule has 21 heavy (non-hydrogen) atoms. The SMILES string of the molecule is COc1ccc(CN2CC=C(C(F)(F)F)CC2)cc1CN. The van der Waals surface area contributed by atoms with Crippen molar-refractivity contribution in [2.45, 2.75) is 25.7 Å². The minimum absolute atomic E-state index is 0.0450. The molecule has 1 heterocycles. The number of hydrogen-bond acceptors (Lipinski definition) is 3. The lowest BCUT2D eigenvalue weighted by molar-refractivity contribution is -0.0960. The Morgan fingerprint density at radius 1 is 1.33 bits per heavy atom. The molecule has 2 N–H and O–H groups in total. The van der Waals surface area contributed by atoms with E-state index in [1.165, 1.54) is 6.08 Å².